The van der Waals surface area contributed by atoms with Crippen LogP contribution in [0.2, 0.25) is 0 Å². The van der Waals surface area contributed by atoms with Gasteiger partial charge in [-0.25, -0.2) is 0 Å². The summed E-state index contributed by atoms with van der Waals surface area (Å²) >= 11 is 0. The molecule has 2 aliphatic rings. The Bertz CT molecular complexity index is 869. The van der Waals surface area contributed by atoms with Gasteiger partial charge in [0.05, 0.1) is 18.5 Å². The quantitative estimate of drug-likeness (QED) is 0.837. The van der Waals surface area contributed by atoms with Crippen LogP contribution in [0.25, 0.3) is 0 Å². The first-order chi connectivity index (χ1) is 13.0. The lowest BCUT2D eigenvalue weighted by Crippen LogP contribution is -2.49. The summed E-state index contributed by atoms with van der Waals surface area (Å²) < 4.78 is 0. The molecule has 4 rings (SSSR count). The van der Waals surface area contributed by atoms with Gasteiger partial charge in [0.15, 0.2) is 11.5 Å². The van der Waals surface area contributed by atoms with Crippen molar-refractivity contribution in [3.05, 3.63) is 53.2 Å². The molecule has 1 aromatic heterocycles. The highest BCUT2D eigenvalue weighted by atomic mass is 16.2. The van der Waals surface area contributed by atoms with Crippen LogP contribution in [-0.4, -0.2) is 46.2 Å². The Labute approximate surface area is 159 Å². The number of rotatable bonds is 4. The molecule has 0 spiro atoms. The molecule has 0 unspecified atom stereocenters. The van der Waals surface area contributed by atoms with Crippen LogP contribution in [0.3, 0.4) is 0 Å². The Morgan fingerprint density at radius 3 is 2.48 bits per heavy atom. The fourth-order valence-corrected chi connectivity index (χ4v) is 4.09. The van der Waals surface area contributed by atoms with E-state index in [1.54, 1.807) is 6.07 Å². The highest BCUT2D eigenvalue weighted by molar-refractivity contribution is 5.80. The lowest BCUT2D eigenvalue weighted by atomic mass is 10.0. The van der Waals surface area contributed by atoms with E-state index in [9.17, 15) is 4.79 Å². The first-order valence-electron chi connectivity index (χ1n) is 9.44. The Kier molecular flexibility index (Phi) is 4.53. The number of aromatic nitrogens is 2. The lowest BCUT2D eigenvalue weighted by Gasteiger charge is -2.34. The van der Waals surface area contributed by atoms with Gasteiger partial charge in [-0.2, -0.15) is 5.26 Å². The van der Waals surface area contributed by atoms with E-state index in [1.165, 1.54) is 5.56 Å². The molecule has 2 atom stereocenters. The van der Waals surface area contributed by atoms with Gasteiger partial charge in [-0.1, -0.05) is 38.1 Å². The van der Waals surface area contributed by atoms with E-state index >= 15 is 0 Å². The molecule has 27 heavy (non-hydrogen) atoms. The summed E-state index contributed by atoms with van der Waals surface area (Å²) in [7, 11) is 0. The SMILES string of the molecule is CC(C)c1ccc(CC(=O)N2C[C@@H]3C[C@H]2CN3c2ccc(C#N)nn2)cc1. The molecule has 0 saturated carbocycles. The second kappa shape index (κ2) is 6.99. The largest absolute Gasteiger partial charge is 0.348 e. The maximum Gasteiger partial charge on any atom is 0.227 e. The van der Waals surface area contributed by atoms with E-state index < -0.39 is 0 Å². The third-order valence-corrected chi connectivity index (χ3v) is 5.62. The number of carbonyl (C=O) groups excluding carboxylic acids is 1. The Morgan fingerprint density at radius 2 is 1.93 bits per heavy atom. The smallest absolute Gasteiger partial charge is 0.227 e. The molecular formula is C21H23N5O. The number of hydrogen-bond acceptors (Lipinski definition) is 5. The first-order valence-corrected chi connectivity index (χ1v) is 9.44. The van der Waals surface area contributed by atoms with Gasteiger partial charge in [0.25, 0.3) is 0 Å². The van der Waals surface area contributed by atoms with Crippen LogP contribution >= 0.6 is 0 Å². The zero-order chi connectivity index (χ0) is 19.0. The molecule has 0 N–H and O–H groups in total. The van der Waals surface area contributed by atoms with Crippen molar-refractivity contribution in [2.24, 2.45) is 0 Å². The predicted molar refractivity (Wildman–Crippen MR) is 102 cm³/mol. The number of amides is 1. The third-order valence-electron chi connectivity index (χ3n) is 5.62. The van der Waals surface area contributed by atoms with Crippen LogP contribution in [-0.2, 0) is 11.2 Å². The maximum atomic E-state index is 12.8. The van der Waals surface area contributed by atoms with Crippen molar-refractivity contribution in [1.82, 2.24) is 15.1 Å². The summed E-state index contributed by atoms with van der Waals surface area (Å²) in [6.07, 6.45) is 1.43. The van der Waals surface area contributed by atoms with Gasteiger partial charge in [0.2, 0.25) is 5.91 Å². The van der Waals surface area contributed by atoms with Crippen LogP contribution < -0.4 is 4.90 Å². The standard InChI is InChI=1S/C21H23N5O/c1-14(2)16-5-3-15(4-6-16)9-21(27)26-13-18-10-19(26)12-25(18)20-8-7-17(11-22)23-24-20/h3-8,14,18-19H,9-10,12-13H2,1-2H3/t18-,19-/m0/s1. The zero-order valence-corrected chi connectivity index (χ0v) is 15.7. The number of carbonyl (C=O) groups is 1. The van der Waals surface area contributed by atoms with Crippen LogP contribution in [0.4, 0.5) is 5.82 Å². The summed E-state index contributed by atoms with van der Waals surface area (Å²) in [5.74, 6) is 1.49. The van der Waals surface area contributed by atoms with Gasteiger partial charge in [-0.3, -0.25) is 4.79 Å². The van der Waals surface area contributed by atoms with E-state index in [0.29, 0.717) is 18.0 Å². The molecule has 2 saturated heterocycles. The fraction of sp³-hybridized carbons (Fsp3) is 0.429. The maximum absolute atomic E-state index is 12.8. The molecular weight excluding hydrogens is 338 g/mol. The van der Waals surface area contributed by atoms with E-state index in [2.05, 4.69) is 53.2 Å². The predicted octanol–water partition coefficient (Wildman–Crippen LogP) is 2.50. The van der Waals surface area contributed by atoms with Gasteiger partial charge >= 0.3 is 0 Å². The number of piperazine rings is 1. The molecule has 6 nitrogen and oxygen atoms in total. The first kappa shape index (κ1) is 17.5. The zero-order valence-electron chi connectivity index (χ0n) is 15.7. The van der Waals surface area contributed by atoms with Crippen molar-refractivity contribution in [1.29, 1.82) is 5.26 Å². The average Bonchev–Trinajstić information content (AvgIpc) is 3.29. The molecule has 6 heteroatoms. The number of hydrogen-bond donors (Lipinski definition) is 0. The van der Waals surface area contributed by atoms with Gasteiger partial charge in [-0.15, -0.1) is 10.2 Å². The van der Waals surface area contributed by atoms with E-state index in [0.717, 1.165) is 30.9 Å². The molecule has 2 bridgehead atoms. The minimum atomic E-state index is 0.199. The minimum absolute atomic E-state index is 0.199. The molecule has 0 aliphatic carbocycles. The topological polar surface area (TPSA) is 73.1 Å². The molecule has 1 aromatic carbocycles. The van der Waals surface area contributed by atoms with Gasteiger partial charge in [0.1, 0.15) is 6.07 Å². The van der Waals surface area contributed by atoms with E-state index in [4.69, 9.17) is 5.26 Å². The van der Waals surface area contributed by atoms with Crippen molar-refractivity contribution in [3.8, 4) is 6.07 Å². The molecule has 3 heterocycles. The minimum Gasteiger partial charge on any atom is -0.348 e. The van der Waals surface area contributed by atoms with Crippen LogP contribution in [0.5, 0.6) is 0 Å². The molecule has 2 aliphatic heterocycles. The summed E-state index contributed by atoms with van der Waals surface area (Å²) in [5, 5.41) is 16.9. The Balaban J connectivity index is 1.38. The second-order valence-electron chi connectivity index (χ2n) is 7.70. The number of likely N-dealkylation sites (tertiary alicyclic amines) is 1. The number of nitrogens with zero attached hydrogens (tertiary/aromatic N) is 5. The average molecular weight is 361 g/mol. The summed E-state index contributed by atoms with van der Waals surface area (Å²) in [6.45, 7) is 5.86. The highest BCUT2D eigenvalue weighted by Crippen LogP contribution is 2.33. The van der Waals surface area contributed by atoms with Crippen molar-refractivity contribution in [2.45, 2.75) is 44.7 Å². The van der Waals surface area contributed by atoms with E-state index in [1.807, 2.05) is 17.0 Å². The number of benzene rings is 1. The third kappa shape index (κ3) is 3.37. The van der Waals surface area contributed by atoms with Crippen molar-refractivity contribution in [3.63, 3.8) is 0 Å². The number of nitriles is 1. The second-order valence-corrected chi connectivity index (χ2v) is 7.70. The van der Waals surface area contributed by atoms with Crippen LogP contribution in [0, 0.1) is 11.3 Å². The highest BCUT2D eigenvalue weighted by Gasteiger charge is 2.45. The summed E-state index contributed by atoms with van der Waals surface area (Å²) in [6, 6.07) is 14.4. The van der Waals surface area contributed by atoms with Crippen LogP contribution in [0.1, 0.15) is 43.0 Å². The van der Waals surface area contributed by atoms with Crippen molar-refractivity contribution >= 4 is 11.7 Å². The number of fused-ring (bicyclic) bond motifs is 2. The normalized spacial score (nSPS) is 21.0. The van der Waals surface area contributed by atoms with Crippen LogP contribution in [0.15, 0.2) is 36.4 Å². The Hall–Kier alpha value is -2.94. The lowest BCUT2D eigenvalue weighted by molar-refractivity contribution is -0.131. The summed E-state index contributed by atoms with van der Waals surface area (Å²) in [4.78, 5) is 17.0. The van der Waals surface area contributed by atoms with Crippen molar-refractivity contribution in [2.75, 3.05) is 18.0 Å². The molecule has 2 aromatic rings. The Morgan fingerprint density at radius 1 is 1.15 bits per heavy atom. The van der Waals surface area contributed by atoms with Gasteiger partial charge in [-0.05, 0) is 35.6 Å². The molecule has 138 valence electrons. The van der Waals surface area contributed by atoms with Crippen molar-refractivity contribution < 1.29 is 4.79 Å². The number of anilines is 1. The molecule has 0 radical (unpaired) electrons. The monoisotopic (exact) mass is 361 g/mol. The summed E-state index contributed by atoms with van der Waals surface area (Å²) in [5.41, 5.74) is 2.69. The van der Waals surface area contributed by atoms with Gasteiger partial charge < -0.3 is 9.80 Å². The molecule has 1 amide bonds. The fourth-order valence-electron chi connectivity index (χ4n) is 4.09. The van der Waals surface area contributed by atoms with E-state index in [-0.39, 0.29) is 18.0 Å². The molecule has 2 fully saturated rings. The van der Waals surface area contributed by atoms with Gasteiger partial charge in [0, 0.05) is 13.1 Å².